The molecule has 0 unspecified atom stereocenters. The third kappa shape index (κ3) is 3.46. The molecule has 0 amide bonds. The number of rotatable bonds is 4. The first-order valence-corrected chi connectivity index (χ1v) is 9.46. The second-order valence-electron chi connectivity index (χ2n) is 4.54. The highest BCUT2D eigenvalue weighted by Gasteiger charge is 2.20. The number of hydrogen-bond donors (Lipinski definition) is 1. The van der Waals surface area contributed by atoms with Gasteiger partial charge in [0.05, 0.1) is 11.4 Å². The first kappa shape index (κ1) is 16.2. The zero-order valence-electron chi connectivity index (χ0n) is 11.5. The lowest BCUT2D eigenvalue weighted by molar-refractivity contribution is 0.600. The molecule has 0 radical (unpaired) electrons. The zero-order chi connectivity index (χ0) is 16.4. The van der Waals surface area contributed by atoms with Crippen LogP contribution < -0.4 is 4.72 Å². The Morgan fingerprint density at radius 1 is 1.09 bits per heavy atom. The summed E-state index contributed by atoms with van der Waals surface area (Å²) in [5, 5.41) is 4.04. The monoisotopic (exact) mass is 456 g/mol. The Kier molecular flexibility index (Phi) is 4.51. The molecule has 2 aromatic carbocycles. The van der Waals surface area contributed by atoms with Gasteiger partial charge in [-0.2, -0.15) is 5.10 Å². The number of hydrogen-bond acceptors (Lipinski definition) is 4. The summed E-state index contributed by atoms with van der Waals surface area (Å²) < 4.78 is 30.6. The smallest absolute Gasteiger partial charge is 0.263 e. The van der Waals surface area contributed by atoms with E-state index in [1.807, 2.05) is 0 Å². The predicted octanol–water partition coefficient (Wildman–Crippen LogP) is 3.59. The fraction of sp³-hybridized carbons (Fsp3) is 0. The average molecular weight is 458 g/mol. The fourth-order valence-corrected chi connectivity index (χ4v) is 4.55. The molecule has 0 aliphatic heterocycles. The normalized spacial score (nSPS) is 11.4. The van der Waals surface area contributed by atoms with Crippen molar-refractivity contribution in [2.75, 3.05) is 4.72 Å². The van der Waals surface area contributed by atoms with Crippen molar-refractivity contribution in [2.24, 2.45) is 0 Å². The summed E-state index contributed by atoms with van der Waals surface area (Å²) in [7, 11) is -3.77. The summed E-state index contributed by atoms with van der Waals surface area (Å²) in [6.45, 7) is 0. The van der Waals surface area contributed by atoms with Crippen molar-refractivity contribution in [3.05, 3.63) is 64.1 Å². The van der Waals surface area contributed by atoms with Gasteiger partial charge in [0.15, 0.2) is 0 Å². The molecule has 0 bridgehead atoms. The van der Waals surface area contributed by atoms with E-state index in [0.717, 1.165) is 0 Å². The Morgan fingerprint density at radius 3 is 2.61 bits per heavy atom. The van der Waals surface area contributed by atoms with Crippen LogP contribution in [0.5, 0.6) is 0 Å². The van der Waals surface area contributed by atoms with Crippen LogP contribution in [0.2, 0.25) is 0 Å². The van der Waals surface area contributed by atoms with Crippen molar-refractivity contribution < 1.29 is 8.42 Å². The third-order valence-corrected chi connectivity index (χ3v) is 5.85. The van der Waals surface area contributed by atoms with Crippen LogP contribution in [-0.4, -0.2) is 23.2 Å². The highest BCUT2D eigenvalue weighted by Crippen LogP contribution is 2.29. The van der Waals surface area contributed by atoms with Gasteiger partial charge in [0, 0.05) is 8.95 Å². The molecular formula is C14H10Br2N4O2S. The molecule has 3 aromatic rings. The second-order valence-corrected chi connectivity index (χ2v) is 7.96. The van der Waals surface area contributed by atoms with E-state index in [-0.39, 0.29) is 4.90 Å². The highest BCUT2D eigenvalue weighted by atomic mass is 79.9. The van der Waals surface area contributed by atoms with Crippen molar-refractivity contribution in [3.8, 4) is 5.69 Å². The highest BCUT2D eigenvalue weighted by molar-refractivity contribution is 9.11. The summed E-state index contributed by atoms with van der Waals surface area (Å²) in [4.78, 5) is 4.02. The van der Waals surface area contributed by atoms with E-state index >= 15 is 0 Å². The van der Waals surface area contributed by atoms with Crippen LogP contribution >= 0.6 is 31.9 Å². The van der Waals surface area contributed by atoms with Crippen molar-refractivity contribution >= 4 is 47.6 Å². The number of benzene rings is 2. The van der Waals surface area contributed by atoms with Crippen molar-refractivity contribution in [2.45, 2.75) is 4.90 Å². The van der Waals surface area contributed by atoms with Crippen LogP contribution in [0, 0.1) is 0 Å². The minimum atomic E-state index is -3.77. The Bertz CT molecular complexity index is 943. The standard InChI is InChI=1S/C14H10Br2N4O2S/c15-10-5-6-11(16)14(7-10)23(21,22)19-12-3-1-2-4-13(12)20-9-17-8-18-20/h1-9,19H. The van der Waals surface area contributed by atoms with E-state index in [0.29, 0.717) is 20.3 Å². The van der Waals surface area contributed by atoms with E-state index in [4.69, 9.17) is 0 Å². The fourth-order valence-electron chi connectivity index (χ4n) is 1.98. The molecule has 3 rings (SSSR count). The Morgan fingerprint density at radius 2 is 1.87 bits per heavy atom. The second kappa shape index (κ2) is 6.42. The number of halogens is 2. The predicted molar refractivity (Wildman–Crippen MR) is 94.0 cm³/mol. The lowest BCUT2D eigenvalue weighted by Gasteiger charge is -2.13. The number of anilines is 1. The van der Waals surface area contributed by atoms with Gasteiger partial charge >= 0.3 is 0 Å². The average Bonchev–Trinajstić information content (AvgIpc) is 3.04. The van der Waals surface area contributed by atoms with Crippen LogP contribution in [0.1, 0.15) is 0 Å². The minimum Gasteiger partial charge on any atom is -0.277 e. The summed E-state index contributed by atoms with van der Waals surface area (Å²) in [5.41, 5.74) is 0.990. The van der Waals surface area contributed by atoms with E-state index < -0.39 is 10.0 Å². The SMILES string of the molecule is O=S(=O)(Nc1ccccc1-n1cncn1)c1cc(Br)ccc1Br. The number of nitrogens with one attached hydrogen (secondary N) is 1. The van der Waals surface area contributed by atoms with Gasteiger partial charge in [-0.1, -0.05) is 28.1 Å². The lowest BCUT2D eigenvalue weighted by Crippen LogP contribution is -2.15. The number of aromatic nitrogens is 3. The first-order chi connectivity index (χ1) is 11.0. The van der Waals surface area contributed by atoms with Gasteiger partial charge in [-0.25, -0.2) is 18.1 Å². The van der Waals surface area contributed by atoms with Gasteiger partial charge in [-0.15, -0.1) is 0 Å². The van der Waals surface area contributed by atoms with Gasteiger partial charge in [0.2, 0.25) is 0 Å². The van der Waals surface area contributed by atoms with Crippen molar-refractivity contribution in [3.63, 3.8) is 0 Å². The summed E-state index contributed by atoms with van der Waals surface area (Å²) in [6.07, 6.45) is 2.89. The zero-order valence-corrected chi connectivity index (χ0v) is 15.5. The molecule has 0 aliphatic carbocycles. The molecule has 6 nitrogen and oxygen atoms in total. The van der Waals surface area contributed by atoms with Crippen LogP contribution in [0.25, 0.3) is 5.69 Å². The van der Waals surface area contributed by atoms with Crippen LogP contribution in [0.3, 0.4) is 0 Å². The quantitative estimate of drug-likeness (QED) is 0.649. The molecule has 0 aliphatic rings. The molecule has 0 saturated heterocycles. The number of para-hydroxylation sites is 2. The van der Waals surface area contributed by atoms with Gasteiger partial charge in [-0.05, 0) is 46.3 Å². The molecule has 0 fully saturated rings. The molecular weight excluding hydrogens is 448 g/mol. The maximum atomic E-state index is 12.7. The molecule has 0 saturated carbocycles. The van der Waals surface area contributed by atoms with E-state index in [9.17, 15) is 8.42 Å². The van der Waals surface area contributed by atoms with Crippen molar-refractivity contribution in [1.29, 1.82) is 0 Å². The summed E-state index contributed by atoms with van der Waals surface area (Å²) in [5.74, 6) is 0. The number of nitrogens with zero attached hydrogens (tertiary/aromatic N) is 3. The largest absolute Gasteiger partial charge is 0.277 e. The number of sulfonamides is 1. The van der Waals surface area contributed by atoms with Gasteiger partial charge in [0.1, 0.15) is 17.6 Å². The molecule has 0 spiro atoms. The molecule has 9 heteroatoms. The summed E-state index contributed by atoms with van der Waals surface area (Å²) in [6, 6.07) is 11.9. The van der Waals surface area contributed by atoms with Crippen LogP contribution in [-0.2, 0) is 10.0 Å². The third-order valence-electron chi connectivity index (χ3n) is 3.00. The molecule has 23 heavy (non-hydrogen) atoms. The first-order valence-electron chi connectivity index (χ1n) is 6.39. The Balaban J connectivity index is 2.04. The van der Waals surface area contributed by atoms with E-state index in [1.165, 1.54) is 23.4 Å². The molecule has 0 atom stereocenters. The van der Waals surface area contributed by atoms with Crippen molar-refractivity contribution in [1.82, 2.24) is 14.8 Å². The van der Waals surface area contributed by atoms with Crippen LogP contribution in [0.4, 0.5) is 5.69 Å². The summed E-state index contributed by atoms with van der Waals surface area (Å²) >= 11 is 6.55. The Hall–Kier alpha value is -1.71. The van der Waals surface area contributed by atoms with E-state index in [1.54, 1.807) is 36.4 Å². The topological polar surface area (TPSA) is 76.9 Å². The molecule has 1 aromatic heterocycles. The van der Waals surface area contributed by atoms with Gasteiger partial charge < -0.3 is 0 Å². The molecule has 118 valence electrons. The lowest BCUT2D eigenvalue weighted by atomic mass is 10.3. The maximum Gasteiger partial charge on any atom is 0.263 e. The maximum absolute atomic E-state index is 12.7. The van der Waals surface area contributed by atoms with Crippen LogP contribution in [0.15, 0.2) is 69.0 Å². The Labute approximate surface area is 149 Å². The van der Waals surface area contributed by atoms with E-state index in [2.05, 4.69) is 46.7 Å². The molecule has 1 heterocycles. The molecule has 1 N–H and O–H groups in total. The van der Waals surface area contributed by atoms with Gasteiger partial charge in [0.25, 0.3) is 10.0 Å². The minimum absolute atomic E-state index is 0.139. The van der Waals surface area contributed by atoms with Gasteiger partial charge in [-0.3, -0.25) is 4.72 Å².